The lowest BCUT2D eigenvalue weighted by atomic mass is 10.0. The Kier molecular flexibility index (Phi) is 4.50. The molecule has 0 unspecified atom stereocenters. The highest BCUT2D eigenvalue weighted by molar-refractivity contribution is 6.22. The summed E-state index contributed by atoms with van der Waals surface area (Å²) in [5, 5.41) is 0. The van der Waals surface area contributed by atoms with Gasteiger partial charge in [0.1, 0.15) is 12.6 Å². The van der Waals surface area contributed by atoms with Crippen molar-refractivity contribution < 1.29 is 28.6 Å². The van der Waals surface area contributed by atoms with Crippen LogP contribution in [0, 0.1) is 5.92 Å². The Morgan fingerprint density at radius 3 is 2.32 bits per heavy atom. The number of amides is 2. The molecule has 2 aliphatic heterocycles. The standard InChI is InChI=1S/C21H19NO6/c1-12(2)18(22-19(23)14-5-3-4-6-15(14)20(22)24)21(25)26-10-13-7-8-16-17(9-13)28-11-27-16/h3-9,12,18H,10-11H2,1-2H3/t18-/m1/s1. The van der Waals surface area contributed by atoms with Crippen LogP contribution in [0.25, 0.3) is 0 Å². The molecule has 28 heavy (non-hydrogen) atoms. The van der Waals surface area contributed by atoms with Crippen molar-refractivity contribution in [3.8, 4) is 11.5 Å². The lowest BCUT2D eigenvalue weighted by Gasteiger charge is -2.27. The number of benzene rings is 2. The molecule has 0 aromatic heterocycles. The topological polar surface area (TPSA) is 82.1 Å². The smallest absolute Gasteiger partial charge is 0.329 e. The zero-order valence-electron chi connectivity index (χ0n) is 15.5. The number of hydrogen-bond acceptors (Lipinski definition) is 6. The Bertz CT molecular complexity index is 932. The van der Waals surface area contributed by atoms with Crippen LogP contribution >= 0.6 is 0 Å². The van der Waals surface area contributed by atoms with Crippen molar-refractivity contribution in [2.75, 3.05) is 6.79 Å². The van der Waals surface area contributed by atoms with Gasteiger partial charge in [0.15, 0.2) is 11.5 Å². The number of ether oxygens (including phenoxy) is 3. The molecule has 2 aromatic carbocycles. The summed E-state index contributed by atoms with van der Waals surface area (Å²) in [7, 11) is 0. The first-order valence-corrected chi connectivity index (χ1v) is 8.99. The van der Waals surface area contributed by atoms with E-state index in [1.807, 2.05) is 0 Å². The summed E-state index contributed by atoms with van der Waals surface area (Å²) in [6, 6.07) is 10.8. The molecule has 2 aliphatic rings. The van der Waals surface area contributed by atoms with Gasteiger partial charge in [-0.3, -0.25) is 14.5 Å². The van der Waals surface area contributed by atoms with Crippen LogP contribution in [0.1, 0.15) is 40.1 Å². The van der Waals surface area contributed by atoms with Crippen LogP contribution in [-0.4, -0.2) is 35.5 Å². The second-order valence-electron chi connectivity index (χ2n) is 7.01. The van der Waals surface area contributed by atoms with Crippen LogP contribution in [0.4, 0.5) is 0 Å². The SMILES string of the molecule is CC(C)[C@H](C(=O)OCc1ccc2c(c1)OCO2)N1C(=O)c2ccccc2C1=O. The van der Waals surface area contributed by atoms with Gasteiger partial charge in [-0.05, 0) is 35.7 Å². The number of fused-ring (bicyclic) bond motifs is 2. The van der Waals surface area contributed by atoms with Crippen molar-refractivity contribution in [2.24, 2.45) is 5.92 Å². The predicted molar refractivity (Wildman–Crippen MR) is 97.9 cm³/mol. The fourth-order valence-corrected chi connectivity index (χ4v) is 3.41. The maximum atomic E-state index is 12.8. The van der Waals surface area contributed by atoms with E-state index in [4.69, 9.17) is 14.2 Å². The third-order valence-electron chi connectivity index (χ3n) is 4.79. The Balaban J connectivity index is 1.51. The molecule has 4 rings (SSSR count). The lowest BCUT2D eigenvalue weighted by Crippen LogP contribution is -2.48. The molecule has 0 fully saturated rings. The third-order valence-corrected chi connectivity index (χ3v) is 4.79. The highest BCUT2D eigenvalue weighted by Crippen LogP contribution is 2.33. The molecular formula is C21H19NO6. The molecule has 0 aliphatic carbocycles. The first-order valence-electron chi connectivity index (χ1n) is 8.99. The van der Waals surface area contributed by atoms with E-state index in [1.54, 1.807) is 56.3 Å². The van der Waals surface area contributed by atoms with Crippen LogP contribution < -0.4 is 9.47 Å². The van der Waals surface area contributed by atoms with Crippen LogP contribution in [0.2, 0.25) is 0 Å². The van der Waals surface area contributed by atoms with Gasteiger partial charge in [-0.25, -0.2) is 4.79 Å². The van der Waals surface area contributed by atoms with Gasteiger partial charge in [0.05, 0.1) is 11.1 Å². The minimum Gasteiger partial charge on any atom is -0.459 e. The maximum Gasteiger partial charge on any atom is 0.329 e. The average Bonchev–Trinajstić information content (AvgIpc) is 3.25. The number of nitrogens with zero attached hydrogens (tertiary/aromatic N) is 1. The molecule has 0 radical (unpaired) electrons. The molecular weight excluding hydrogens is 362 g/mol. The van der Waals surface area contributed by atoms with Gasteiger partial charge in [-0.2, -0.15) is 0 Å². The third kappa shape index (κ3) is 2.98. The molecule has 0 saturated carbocycles. The quantitative estimate of drug-likeness (QED) is 0.585. The van der Waals surface area contributed by atoms with Crippen LogP contribution in [0.3, 0.4) is 0 Å². The summed E-state index contributed by atoms with van der Waals surface area (Å²) in [6.07, 6.45) is 0. The number of carbonyl (C=O) groups is 3. The summed E-state index contributed by atoms with van der Waals surface area (Å²) in [5.74, 6) is -0.636. The molecule has 144 valence electrons. The van der Waals surface area contributed by atoms with E-state index in [0.29, 0.717) is 22.6 Å². The Morgan fingerprint density at radius 1 is 1.04 bits per heavy atom. The fourth-order valence-electron chi connectivity index (χ4n) is 3.41. The van der Waals surface area contributed by atoms with E-state index in [9.17, 15) is 14.4 Å². The van der Waals surface area contributed by atoms with Crippen molar-refractivity contribution in [3.63, 3.8) is 0 Å². The van der Waals surface area contributed by atoms with Crippen LogP contribution in [-0.2, 0) is 16.1 Å². The number of imide groups is 1. The highest BCUT2D eigenvalue weighted by atomic mass is 16.7. The normalized spacial score (nSPS) is 15.8. The zero-order valence-corrected chi connectivity index (χ0v) is 15.5. The van der Waals surface area contributed by atoms with E-state index in [2.05, 4.69) is 0 Å². The largest absolute Gasteiger partial charge is 0.459 e. The van der Waals surface area contributed by atoms with Crippen molar-refractivity contribution in [2.45, 2.75) is 26.5 Å². The van der Waals surface area contributed by atoms with E-state index in [-0.39, 0.29) is 19.3 Å². The summed E-state index contributed by atoms with van der Waals surface area (Å²) >= 11 is 0. The summed E-state index contributed by atoms with van der Waals surface area (Å²) < 4.78 is 16.0. The van der Waals surface area contributed by atoms with Gasteiger partial charge in [-0.1, -0.05) is 32.0 Å². The molecule has 0 spiro atoms. The van der Waals surface area contributed by atoms with E-state index < -0.39 is 23.8 Å². The molecule has 2 aromatic rings. The molecule has 2 amide bonds. The minimum atomic E-state index is -0.999. The number of hydrogen-bond donors (Lipinski definition) is 0. The second kappa shape index (κ2) is 6.99. The predicted octanol–water partition coefficient (Wildman–Crippen LogP) is 2.78. The van der Waals surface area contributed by atoms with Crippen molar-refractivity contribution in [1.29, 1.82) is 0 Å². The molecule has 0 saturated heterocycles. The first-order chi connectivity index (χ1) is 13.5. The van der Waals surface area contributed by atoms with E-state index in [0.717, 1.165) is 10.5 Å². The van der Waals surface area contributed by atoms with Gasteiger partial charge in [0.2, 0.25) is 6.79 Å². The van der Waals surface area contributed by atoms with Gasteiger partial charge in [0, 0.05) is 0 Å². The van der Waals surface area contributed by atoms with Gasteiger partial charge in [-0.15, -0.1) is 0 Å². The van der Waals surface area contributed by atoms with E-state index >= 15 is 0 Å². The molecule has 0 N–H and O–H groups in total. The summed E-state index contributed by atoms with van der Waals surface area (Å²) in [5.41, 5.74) is 1.34. The van der Waals surface area contributed by atoms with Gasteiger partial charge in [0.25, 0.3) is 11.8 Å². The van der Waals surface area contributed by atoms with Crippen LogP contribution in [0.5, 0.6) is 11.5 Å². The van der Waals surface area contributed by atoms with Crippen molar-refractivity contribution >= 4 is 17.8 Å². The van der Waals surface area contributed by atoms with Gasteiger partial charge < -0.3 is 14.2 Å². The number of carbonyl (C=O) groups excluding carboxylic acids is 3. The van der Waals surface area contributed by atoms with E-state index in [1.165, 1.54) is 0 Å². The molecule has 7 heteroatoms. The zero-order chi connectivity index (χ0) is 19.8. The Morgan fingerprint density at radius 2 is 1.68 bits per heavy atom. The monoisotopic (exact) mass is 381 g/mol. The lowest BCUT2D eigenvalue weighted by molar-refractivity contribution is -0.151. The van der Waals surface area contributed by atoms with Crippen molar-refractivity contribution in [1.82, 2.24) is 4.90 Å². The molecule has 2 heterocycles. The molecule has 0 bridgehead atoms. The Hall–Kier alpha value is -3.35. The fraction of sp³-hybridized carbons (Fsp3) is 0.286. The highest BCUT2D eigenvalue weighted by Gasteiger charge is 2.44. The molecule has 1 atom stereocenters. The molecule has 7 nitrogen and oxygen atoms in total. The average molecular weight is 381 g/mol. The summed E-state index contributed by atoms with van der Waals surface area (Å²) in [6.45, 7) is 3.71. The number of esters is 1. The second-order valence-corrected chi connectivity index (χ2v) is 7.01. The van der Waals surface area contributed by atoms with Gasteiger partial charge >= 0.3 is 5.97 Å². The first kappa shape index (κ1) is 18.0. The van der Waals surface area contributed by atoms with Crippen LogP contribution in [0.15, 0.2) is 42.5 Å². The maximum absolute atomic E-state index is 12.8. The van der Waals surface area contributed by atoms with Crippen molar-refractivity contribution in [3.05, 3.63) is 59.2 Å². The Labute approximate surface area is 161 Å². The summed E-state index contributed by atoms with van der Waals surface area (Å²) in [4.78, 5) is 39.3. The minimum absolute atomic E-state index is 0.00185. The number of rotatable bonds is 5.